The van der Waals surface area contributed by atoms with Gasteiger partial charge in [-0.15, -0.1) is 0 Å². The van der Waals surface area contributed by atoms with Gasteiger partial charge in [0.2, 0.25) is 0 Å². The predicted molar refractivity (Wildman–Crippen MR) is 63.8 cm³/mol. The van der Waals surface area contributed by atoms with Gasteiger partial charge in [0, 0.05) is 31.5 Å². The first kappa shape index (κ1) is 10.5. The van der Waals surface area contributed by atoms with Crippen molar-refractivity contribution in [1.82, 2.24) is 4.98 Å². The smallest absolute Gasteiger partial charge is 0.178 e. The summed E-state index contributed by atoms with van der Waals surface area (Å²) < 4.78 is 0. The normalized spacial score (nSPS) is 16.5. The Bertz CT molecular complexity index is 344. The zero-order valence-electron chi connectivity index (χ0n) is 8.77. The molecule has 80 valence electrons. The maximum Gasteiger partial charge on any atom is 0.178 e. The zero-order chi connectivity index (χ0) is 10.7. The number of hydrogen-bond donors (Lipinski definition) is 0. The van der Waals surface area contributed by atoms with E-state index in [1.54, 1.807) is 19.2 Å². The molecule has 0 unspecified atom stereocenters. The molecule has 1 fully saturated rings. The fraction of sp³-hybridized carbons (Fsp3) is 0.455. The van der Waals surface area contributed by atoms with Crippen LogP contribution in [0.1, 0.15) is 17.4 Å². The van der Waals surface area contributed by atoms with E-state index in [1.807, 2.05) is 17.8 Å². The summed E-state index contributed by atoms with van der Waals surface area (Å²) in [5.74, 6) is 2.37. The second-order valence-corrected chi connectivity index (χ2v) is 4.78. The molecule has 1 aliphatic rings. The molecule has 0 saturated carbocycles. The van der Waals surface area contributed by atoms with Crippen LogP contribution in [0.25, 0.3) is 0 Å². The van der Waals surface area contributed by atoms with Gasteiger partial charge in [-0.25, -0.2) is 0 Å². The van der Waals surface area contributed by atoms with Crippen molar-refractivity contribution < 1.29 is 4.79 Å². The van der Waals surface area contributed by atoms with Crippen LogP contribution in [-0.4, -0.2) is 35.4 Å². The molecule has 0 atom stereocenters. The van der Waals surface area contributed by atoms with Crippen molar-refractivity contribution in [1.29, 1.82) is 0 Å². The van der Waals surface area contributed by atoms with Crippen LogP contribution in [0.2, 0.25) is 0 Å². The number of rotatable bonds is 2. The lowest BCUT2D eigenvalue weighted by atomic mass is 10.2. The maximum absolute atomic E-state index is 11.1. The molecular weight excluding hydrogens is 208 g/mol. The van der Waals surface area contributed by atoms with E-state index in [-0.39, 0.29) is 5.78 Å². The molecule has 15 heavy (non-hydrogen) atoms. The minimum Gasteiger partial charge on any atom is -0.369 e. The molecular formula is C11H14N2OS. The van der Waals surface area contributed by atoms with E-state index in [0.29, 0.717) is 5.69 Å². The number of pyridine rings is 1. The molecule has 3 nitrogen and oxygen atoms in total. The summed E-state index contributed by atoms with van der Waals surface area (Å²) in [6.07, 6.45) is 1.80. The van der Waals surface area contributed by atoms with Gasteiger partial charge in [0.25, 0.3) is 0 Å². The van der Waals surface area contributed by atoms with Crippen LogP contribution >= 0.6 is 11.8 Å². The van der Waals surface area contributed by atoms with Crippen molar-refractivity contribution in [3.8, 4) is 0 Å². The number of nitrogens with zero attached hydrogens (tertiary/aromatic N) is 2. The number of carbonyl (C=O) groups excluding carboxylic acids is 1. The van der Waals surface area contributed by atoms with Crippen molar-refractivity contribution in [2.75, 3.05) is 29.5 Å². The van der Waals surface area contributed by atoms with Gasteiger partial charge in [0.1, 0.15) is 5.69 Å². The number of anilines is 1. The number of thioether (sulfide) groups is 1. The largest absolute Gasteiger partial charge is 0.369 e. The van der Waals surface area contributed by atoms with E-state index in [4.69, 9.17) is 0 Å². The van der Waals surface area contributed by atoms with E-state index in [1.165, 1.54) is 11.5 Å². The SMILES string of the molecule is CC(=O)c1ccc(N2CCSCC2)cn1. The topological polar surface area (TPSA) is 33.2 Å². The third kappa shape index (κ3) is 2.50. The van der Waals surface area contributed by atoms with E-state index in [9.17, 15) is 4.79 Å². The molecule has 4 heteroatoms. The summed E-state index contributed by atoms with van der Waals surface area (Å²) in [6.45, 7) is 3.69. The third-order valence-electron chi connectivity index (χ3n) is 2.48. The Hall–Kier alpha value is -1.03. The van der Waals surface area contributed by atoms with Crippen LogP contribution < -0.4 is 4.90 Å². The summed E-state index contributed by atoms with van der Waals surface area (Å²) >= 11 is 1.99. The average molecular weight is 222 g/mol. The van der Waals surface area contributed by atoms with Gasteiger partial charge in [-0.2, -0.15) is 11.8 Å². The van der Waals surface area contributed by atoms with Gasteiger partial charge in [-0.1, -0.05) is 0 Å². The van der Waals surface area contributed by atoms with E-state index >= 15 is 0 Å². The van der Waals surface area contributed by atoms with Gasteiger partial charge < -0.3 is 4.90 Å². The zero-order valence-corrected chi connectivity index (χ0v) is 9.59. The second kappa shape index (κ2) is 4.66. The lowest BCUT2D eigenvalue weighted by Crippen LogP contribution is -2.32. The molecule has 0 amide bonds. The fourth-order valence-corrected chi connectivity index (χ4v) is 2.51. The van der Waals surface area contributed by atoms with Crippen molar-refractivity contribution in [3.63, 3.8) is 0 Å². The number of carbonyl (C=O) groups is 1. The minimum atomic E-state index is 0.0238. The molecule has 2 heterocycles. The lowest BCUT2D eigenvalue weighted by Gasteiger charge is -2.28. The molecule has 0 aromatic carbocycles. The van der Waals surface area contributed by atoms with Gasteiger partial charge in [-0.05, 0) is 12.1 Å². The minimum absolute atomic E-state index is 0.0238. The monoisotopic (exact) mass is 222 g/mol. The Kier molecular flexibility index (Phi) is 3.26. The van der Waals surface area contributed by atoms with Crippen molar-refractivity contribution >= 4 is 23.2 Å². The summed E-state index contributed by atoms with van der Waals surface area (Å²) in [6, 6.07) is 3.79. The molecule has 0 radical (unpaired) electrons. The van der Waals surface area contributed by atoms with Crippen LogP contribution in [0.15, 0.2) is 18.3 Å². The van der Waals surface area contributed by atoms with Gasteiger partial charge in [-0.3, -0.25) is 9.78 Å². The highest BCUT2D eigenvalue weighted by Gasteiger charge is 2.11. The number of Topliss-reactive ketones (excluding diaryl/α,β-unsaturated/α-hetero) is 1. The maximum atomic E-state index is 11.1. The lowest BCUT2D eigenvalue weighted by molar-refractivity contribution is 0.101. The van der Waals surface area contributed by atoms with Gasteiger partial charge in [0.05, 0.1) is 11.9 Å². The molecule has 1 aromatic heterocycles. The number of aromatic nitrogens is 1. The highest BCUT2D eigenvalue weighted by atomic mass is 32.2. The second-order valence-electron chi connectivity index (χ2n) is 3.56. The van der Waals surface area contributed by atoms with E-state index in [2.05, 4.69) is 9.88 Å². The van der Waals surface area contributed by atoms with Crippen LogP contribution in [0.5, 0.6) is 0 Å². The quantitative estimate of drug-likeness (QED) is 0.715. The molecule has 2 rings (SSSR count). The molecule has 1 saturated heterocycles. The highest BCUT2D eigenvalue weighted by Crippen LogP contribution is 2.18. The first-order valence-corrected chi connectivity index (χ1v) is 6.22. The molecule has 1 aromatic rings. The van der Waals surface area contributed by atoms with Gasteiger partial charge in [0.15, 0.2) is 5.78 Å². The Morgan fingerprint density at radius 2 is 2.13 bits per heavy atom. The van der Waals surface area contributed by atoms with E-state index < -0.39 is 0 Å². The summed E-state index contributed by atoms with van der Waals surface area (Å²) in [5, 5.41) is 0. The number of ketones is 1. The Morgan fingerprint density at radius 3 is 2.67 bits per heavy atom. The van der Waals surface area contributed by atoms with E-state index in [0.717, 1.165) is 18.8 Å². The summed E-state index contributed by atoms with van der Waals surface area (Å²) in [5.41, 5.74) is 1.67. The Balaban J connectivity index is 2.11. The van der Waals surface area contributed by atoms with Crippen LogP contribution in [-0.2, 0) is 0 Å². The molecule has 1 aliphatic heterocycles. The summed E-state index contributed by atoms with van der Waals surface area (Å²) in [7, 11) is 0. The standard InChI is InChI=1S/C11H14N2OS/c1-9(14)11-3-2-10(8-12-11)13-4-6-15-7-5-13/h2-3,8H,4-7H2,1H3. The molecule has 0 aliphatic carbocycles. The first-order valence-electron chi connectivity index (χ1n) is 5.07. The molecule has 0 N–H and O–H groups in total. The predicted octanol–water partition coefficient (Wildman–Crippen LogP) is 1.84. The van der Waals surface area contributed by atoms with Crippen LogP contribution in [0.4, 0.5) is 5.69 Å². The third-order valence-corrected chi connectivity index (χ3v) is 3.43. The first-order chi connectivity index (χ1) is 7.27. The van der Waals surface area contributed by atoms with Crippen LogP contribution in [0.3, 0.4) is 0 Å². The average Bonchev–Trinajstić information content (AvgIpc) is 2.30. The Morgan fingerprint density at radius 1 is 1.40 bits per heavy atom. The summed E-state index contributed by atoms with van der Waals surface area (Å²) in [4.78, 5) is 17.5. The highest BCUT2D eigenvalue weighted by molar-refractivity contribution is 7.99. The molecule has 0 bridgehead atoms. The van der Waals surface area contributed by atoms with Crippen molar-refractivity contribution in [2.24, 2.45) is 0 Å². The van der Waals surface area contributed by atoms with Crippen LogP contribution in [0, 0.1) is 0 Å². The fourth-order valence-electron chi connectivity index (χ4n) is 1.60. The van der Waals surface area contributed by atoms with Crippen molar-refractivity contribution in [3.05, 3.63) is 24.0 Å². The number of hydrogen-bond acceptors (Lipinski definition) is 4. The van der Waals surface area contributed by atoms with Crippen molar-refractivity contribution in [2.45, 2.75) is 6.92 Å². The van der Waals surface area contributed by atoms with Gasteiger partial charge >= 0.3 is 0 Å². The molecule has 0 spiro atoms. The Labute approximate surface area is 93.9 Å².